The highest BCUT2D eigenvalue weighted by Gasteiger charge is 2.12. The van der Waals surface area contributed by atoms with Crippen LogP contribution in [0.3, 0.4) is 0 Å². The second-order valence-corrected chi connectivity index (χ2v) is 3.61. The van der Waals surface area contributed by atoms with Gasteiger partial charge in [-0.2, -0.15) is 0 Å². The summed E-state index contributed by atoms with van der Waals surface area (Å²) in [4.78, 5) is 8.71. The summed E-state index contributed by atoms with van der Waals surface area (Å²) in [5.74, 6) is 0.545. The molecule has 0 saturated carbocycles. The van der Waals surface area contributed by atoms with Crippen molar-refractivity contribution in [1.29, 1.82) is 0 Å². The maximum absolute atomic E-state index is 5.84. The second-order valence-electron chi connectivity index (χ2n) is 3.61. The first-order chi connectivity index (χ1) is 6.52. The third-order valence-electron chi connectivity index (χ3n) is 2.61. The van der Waals surface area contributed by atoms with E-state index in [0.29, 0.717) is 5.95 Å². The number of nitrogens with zero attached hydrogens (tertiary/aromatic N) is 3. The Hall–Kier alpha value is -1.58. The summed E-state index contributed by atoms with van der Waals surface area (Å²) in [6.45, 7) is 7.92. The molecule has 2 aromatic heterocycles. The van der Waals surface area contributed by atoms with Crippen LogP contribution >= 0.6 is 0 Å². The van der Waals surface area contributed by atoms with E-state index in [-0.39, 0.29) is 0 Å². The predicted molar refractivity (Wildman–Crippen MR) is 56.3 cm³/mol. The lowest BCUT2D eigenvalue weighted by atomic mass is 10.2. The van der Waals surface area contributed by atoms with Crippen molar-refractivity contribution in [2.24, 2.45) is 0 Å². The number of hydrogen-bond donors (Lipinski definition) is 1. The smallest absolute Gasteiger partial charge is 0.205 e. The molecule has 2 aromatic rings. The molecule has 14 heavy (non-hydrogen) atoms. The number of hydrogen-bond acceptors (Lipinski definition) is 3. The van der Waals surface area contributed by atoms with Gasteiger partial charge in [0.15, 0.2) is 0 Å². The van der Waals surface area contributed by atoms with E-state index >= 15 is 0 Å². The van der Waals surface area contributed by atoms with E-state index in [2.05, 4.69) is 9.97 Å². The number of rotatable bonds is 0. The number of nitrogen functional groups attached to an aromatic ring is 1. The van der Waals surface area contributed by atoms with Crippen molar-refractivity contribution in [1.82, 2.24) is 14.4 Å². The number of imidazole rings is 1. The molecule has 0 aromatic carbocycles. The normalized spacial score (nSPS) is 11.1. The van der Waals surface area contributed by atoms with Gasteiger partial charge in [-0.3, -0.25) is 9.38 Å². The Bertz CT molecular complexity index is 511. The number of nitrogens with two attached hydrogens (primary N) is 1. The van der Waals surface area contributed by atoms with Crippen molar-refractivity contribution in [3.63, 3.8) is 0 Å². The standard InChI is InChI=1S/C10H14N4/c1-5-8(4)14-9(6(2)12-5)7(3)13-10(14)11/h1-4H3,(H2,11,13). The molecule has 0 fully saturated rings. The van der Waals surface area contributed by atoms with E-state index in [1.807, 2.05) is 32.1 Å². The Balaban J connectivity index is 3.05. The van der Waals surface area contributed by atoms with Crippen LogP contribution in [0.5, 0.6) is 0 Å². The van der Waals surface area contributed by atoms with E-state index in [4.69, 9.17) is 5.73 Å². The van der Waals surface area contributed by atoms with Gasteiger partial charge in [0.25, 0.3) is 0 Å². The highest BCUT2D eigenvalue weighted by Crippen LogP contribution is 2.20. The Labute approximate surface area is 82.8 Å². The zero-order valence-electron chi connectivity index (χ0n) is 8.92. The minimum Gasteiger partial charge on any atom is -0.369 e. The summed E-state index contributed by atoms with van der Waals surface area (Å²) in [7, 11) is 0. The van der Waals surface area contributed by atoms with Crippen molar-refractivity contribution < 1.29 is 0 Å². The van der Waals surface area contributed by atoms with Crippen molar-refractivity contribution in [3.8, 4) is 0 Å². The van der Waals surface area contributed by atoms with Crippen LogP contribution in [-0.4, -0.2) is 14.4 Å². The average molecular weight is 190 g/mol. The predicted octanol–water partition coefficient (Wildman–Crippen LogP) is 1.55. The van der Waals surface area contributed by atoms with E-state index in [1.54, 1.807) is 0 Å². The quantitative estimate of drug-likeness (QED) is 0.685. The van der Waals surface area contributed by atoms with Crippen LogP contribution in [0.1, 0.15) is 22.8 Å². The zero-order valence-corrected chi connectivity index (χ0v) is 8.92. The molecule has 0 bridgehead atoms. The molecule has 0 saturated heterocycles. The summed E-state index contributed by atoms with van der Waals surface area (Å²) in [5, 5.41) is 0. The van der Waals surface area contributed by atoms with Crippen LogP contribution < -0.4 is 5.73 Å². The van der Waals surface area contributed by atoms with Crippen LogP contribution in [0.4, 0.5) is 5.95 Å². The largest absolute Gasteiger partial charge is 0.369 e. The summed E-state index contributed by atoms with van der Waals surface area (Å²) in [5.41, 5.74) is 10.9. The topological polar surface area (TPSA) is 56.2 Å². The van der Waals surface area contributed by atoms with Crippen LogP contribution in [0.2, 0.25) is 0 Å². The molecule has 0 spiro atoms. The van der Waals surface area contributed by atoms with Crippen molar-refractivity contribution in [3.05, 3.63) is 22.8 Å². The fourth-order valence-electron chi connectivity index (χ4n) is 1.86. The number of fused-ring (bicyclic) bond motifs is 1. The molecule has 0 aliphatic rings. The molecule has 2 rings (SSSR count). The monoisotopic (exact) mass is 190 g/mol. The third-order valence-corrected chi connectivity index (χ3v) is 2.61. The molecule has 74 valence electrons. The molecule has 0 atom stereocenters. The molecule has 4 nitrogen and oxygen atoms in total. The van der Waals surface area contributed by atoms with Crippen molar-refractivity contribution >= 4 is 11.5 Å². The van der Waals surface area contributed by atoms with Gasteiger partial charge >= 0.3 is 0 Å². The summed E-state index contributed by atoms with van der Waals surface area (Å²) < 4.78 is 1.97. The molecular weight excluding hydrogens is 176 g/mol. The van der Waals surface area contributed by atoms with Gasteiger partial charge in [0.1, 0.15) is 0 Å². The first-order valence-electron chi connectivity index (χ1n) is 4.60. The van der Waals surface area contributed by atoms with Crippen LogP contribution in [-0.2, 0) is 0 Å². The summed E-state index contributed by atoms with van der Waals surface area (Å²) in [6, 6.07) is 0. The van der Waals surface area contributed by atoms with Crippen molar-refractivity contribution in [2.45, 2.75) is 27.7 Å². The van der Waals surface area contributed by atoms with Gasteiger partial charge in [0.05, 0.1) is 22.6 Å². The number of anilines is 1. The fourth-order valence-corrected chi connectivity index (χ4v) is 1.86. The Kier molecular flexibility index (Phi) is 1.74. The van der Waals surface area contributed by atoms with E-state index in [0.717, 1.165) is 28.3 Å². The molecule has 0 aliphatic heterocycles. The van der Waals surface area contributed by atoms with Crippen LogP contribution in [0.25, 0.3) is 5.52 Å². The van der Waals surface area contributed by atoms with Gasteiger partial charge in [0, 0.05) is 5.69 Å². The minimum atomic E-state index is 0.545. The highest BCUT2D eigenvalue weighted by molar-refractivity contribution is 5.61. The molecular formula is C10H14N4. The van der Waals surface area contributed by atoms with E-state index in [1.165, 1.54) is 0 Å². The van der Waals surface area contributed by atoms with Gasteiger partial charge in [-0.25, -0.2) is 4.98 Å². The first kappa shape index (κ1) is 8.99. The summed E-state index contributed by atoms with van der Waals surface area (Å²) in [6.07, 6.45) is 0. The van der Waals surface area contributed by atoms with Crippen LogP contribution in [0.15, 0.2) is 0 Å². The molecule has 4 heteroatoms. The first-order valence-corrected chi connectivity index (χ1v) is 4.60. The van der Waals surface area contributed by atoms with Gasteiger partial charge in [-0.15, -0.1) is 0 Å². The molecule has 0 radical (unpaired) electrons. The van der Waals surface area contributed by atoms with E-state index in [9.17, 15) is 0 Å². The number of aromatic nitrogens is 3. The number of aryl methyl sites for hydroxylation is 4. The average Bonchev–Trinajstić information content (AvgIpc) is 2.38. The molecule has 0 unspecified atom stereocenters. The summed E-state index contributed by atoms with van der Waals surface area (Å²) >= 11 is 0. The molecule has 2 heterocycles. The van der Waals surface area contributed by atoms with Gasteiger partial charge in [0.2, 0.25) is 5.95 Å². The minimum absolute atomic E-state index is 0.545. The SMILES string of the molecule is Cc1nc(C)c2c(C)nc(N)n2c1C. The van der Waals surface area contributed by atoms with Gasteiger partial charge < -0.3 is 5.73 Å². The second kappa shape index (κ2) is 2.70. The lowest BCUT2D eigenvalue weighted by molar-refractivity contribution is 0.977. The van der Waals surface area contributed by atoms with Gasteiger partial charge in [-0.1, -0.05) is 0 Å². The lowest BCUT2D eigenvalue weighted by Gasteiger charge is -2.07. The van der Waals surface area contributed by atoms with E-state index < -0.39 is 0 Å². The molecule has 0 amide bonds. The van der Waals surface area contributed by atoms with Crippen molar-refractivity contribution in [2.75, 3.05) is 5.73 Å². The molecule has 2 N–H and O–H groups in total. The zero-order chi connectivity index (χ0) is 10.5. The Morgan fingerprint density at radius 2 is 1.50 bits per heavy atom. The lowest BCUT2D eigenvalue weighted by Crippen LogP contribution is -2.03. The maximum Gasteiger partial charge on any atom is 0.205 e. The Morgan fingerprint density at radius 3 is 2.14 bits per heavy atom. The Morgan fingerprint density at radius 1 is 0.929 bits per heavy atom. The fraction of sp³-hybridized carbons (Fsp3) is 0.400. The van der Waals surface area contributed by atoms with Gasteiger partial charge in [-0.05, 0) is 27.7 Å². The van der Waals surface area contributed by atoms with Crippen LogP contribution in [0, 0.1) is 27.7 Å². The molecule has 0 aliphatic carbocycles. The maximum atomic E-state index is 5.84. The third kappa shape index (κ3) is 0.999. The highest BCUT2D eigenvalue weighted by atomic mass is 15.1.